The summed E-state index contributed by atoms with van der Waals surface area (Å²) in [6.07, 6.45) is 3.92. The molecule has 19 heavy (non-hydrogen) atoms. The first-order chi connectivity index (χ1) is 9.17. The monoisotopic (exact) mass is 261 g/mol. The Hall–Kier alpha value is -1.22. The van der Waals surface area contributed by atoms with Crippen molar-refractivity contribution < 1.29 is 9.47 Å². The van der Waals surface area contributed by atoms with Gasteiger partial charge in [0.15, 0.2) is 0 Å². The highest BCUT2D eigenvalue weighted by Crippen LogP contribution is 2.51. The molecule has 2 aliphatic rings. The predicted molar refractivity (Wildman–Crippen MR) is 76.2 cm³/mol. The number of ether oxygens (including phenoxy) is 2. The largest absolute Gasteiger partial charge is 0.497 e. The van der Waals surface area contributed by atoms with Gasteiger partial charge >= 0.3 is 0 Å². The maximum atomic E-state index is 5.61. The molecule has 1 aliphatic heterocycles. The second kappa shape index (κ2) is 4.71. The van der Waals surface area contributed by atoms with Gasteiger partial charge in [0.1, 0.15) is 11.5 Å². The zero-order valence-electron chi connectivity index (χ0n) is 12.1. The lowest BCUT2D eigenvalue weighted by Crippen LogP contribution is -2.51. The van der Waals surface area contributed by atoms with Crippen LogP contribution >= 0.6 is 0 Å². The van der Waals surface area contributed by atoms with Crippen LogP contribution in [0.2, 0.25) is 0 Å². The SMILES string of the molecule is COc1cc(C)c(C2CCC3(CNC3)C2)c(OC)c1. The maximum absolute atomic E-state index is 5.61. The molecule has 0 amide bonds. The van der Waals surface area contributed by atoms with Crippen LogP contribution in [0.15, 0.2) is 12.1 Å². The fraction of sp³-hybridized carbons (Fsp3) is 0.625. The molecule has 3 heteroatoms. The van der Waals surface area contributed by atoms with E-state index in [4.69, 9.17) is 9.47 Å². The first-order valence-electron chi connectivity index (χ1n) is 7.11. The number of hydrogen-bond donors (Lipinski definition) is 1. The van der Waals surface area contributed by atoms with Gasteiger partial charge in [-0.05, 0) is 49.1 Å². The van der Waals surface area contributed by atoms with E-state index in [1.165, 1.54) is 43.5 Å². The van der Waals surface area contributed by atoms with E-state index < -0.39 is 0 Å². The van der Waals surface area contributed by atoms with Crippen LogP contribution in [0.5, 0.6) is 11.5 Å². The average Bonchev–Trinajstić information content (AvgIpc) is 2.82. The molecule has 1 heterocycles. The molecule has 1 aromatic carbocycles. The molecular weight excluding hydrogens is 238 g/mol. The minimum Gasteiger partial charge on any atom is -0.497 e. The van der Waals surface area contributed by atoms with E-state index in [0.29, 0.717) is 11.3 Å². The molecule has 1 aliphatic carbocycles. The summed E-state index contributed by atoms with van der Waals surface area (Å²) >= 11 is 0. The van der Waals surface area contributed by atoms with E-state index in [-0.39, 0.29) is 0 Å². The molecule has 104 valence electrons. The molecule has 3 rings (SSSR count). The van der Waals surface area contributed by atoms with Crippen LogP contribution in [-0.2, 0) is 0 Å². The molecule has 1 saturated carbocycles. The van der Waals surface area contributed by atoms with Gasteiger partial charge in [0, 0.05) is 24.7 Å². The van der Waals surface area contributed by atoms with Crippen LogP contribution in [0.4, 0.5) is 0 Å². The first kappa shape index (κ1) is 12.8. The Kier molecular flexibility index (Phi) is 3.17. The lowest BCUT2D eigenvalue weighted by Gasteiger charge is -2.39. The standard InChI is InChI=1S/C16H23NO2/c1-11-6-13(18-2)7-14(19-3)15(11)12-4-5-16(8-12)9-17-10-16/h6-7,12,17H,4-5,8-10H2,1-3H3. The van der Waals surface area contributed by atoms with E-state index in [9.17, 15) is 0 Å². The quantitative estimate of drug-likeness (QED) is 0.907. The number of rotatable bonds is 3. The molecule has 1 spiro atoms. The Balaban J connectivity index is 1.91. The van der Waals surface area contributed by atoms with Gasteiger partial charge in [0.2, 0.25) is 0 Å². The van der Waals surface area contributed by atoms with Crippen LogP contribution in [-0.4, -0.2) is 27.3 Å². The minimum atomic E-state index is 0.571. The third-order valence-electron chi connectivity index (χ3n) is 4.89. The summed E-state index contributed by atoms with van der Waals surface area (Å²) in [4.78, 5) is 0. The van der Waals surface area contributed by atoms with Gasteiger partial charge in [0.05, 0.1) is 14.2 Å². The molecule has 1 atom stereocenters. The summed E-state index contributed by atoms with van der Waals surface area (Å²) in [5.41, 5.74) is 3.26. The Morgan fingerprint density at radius 3 is 2.53 bits per heavy atom. The summed E-state index contributed by atoms with van der Waals surface area (Å²) in [5.74, 6) is 2.52. The van der Waals surface area contributed by atoms with Crippen molar-refractivity contribution in [2.45, 2.75) is 32.1 Å². The fourth-order valence-corrected chi connectivity index (χ4v) is 3.80. The predicted octanol–water partition coefficient (Wildman–Crippen LogP) is 2.87. The Morgan fingerprint density at radius 2 is 2.00 bits per heavy atom. The van der Waals surface area contributed by atoms with Crippen molar-refractivity contribution in [3.63, 3.8) is 0 Å². The zero-order chi connectivity index (χ0) is 13.5. The first-order valence-corrected chi connectivity index (χ1v) is 7.11. The van der Waals surface area contributed by atoms with Crippen molar-refractivity contribution in [3.05, 3.63) is 23.3 Å². The smallest absolute Gasteiger partial charge is 0.126 e. The van der Waals surface area contributed by atoms with Crippen LogP contribution in [0.25, 0.3) is 0 Å². The number of benzene rings is 1. The lowest BCUT2D eigenvalue weighted by molar-refractivity contribution is 0.175. The molecular formula is C16H23NO2. The Morgan fingerprint density at radius 1 is 1.21 bits per heavy atom. The van der Waals surface area contributed by atoms with E-state index in [2.05, 4.69) is 18.3 Å². The van der Waals surface area contributed by atoms with Gasteiger partial charge in [-0.2, -0.15) is 0 Å². The van der Waals surface area contributed by atoms with Crippen molar-refractivity contribution in [3.8, 4) is 11.5 Å². The summed E-state index contributed by atoms with van der Waals surface area (Å²) in [5, 5.41) is 3.43. The van der Waals surface area contributed by atoms with Crippen molar-refractivity contribution in [2.75, 3.05) is 27.3 Å². The molecule has 1 saturated heterocycles. The molecule has 1 unspecified atom stereocenters. The highest BCUT2D eigenvalue weighted by atomic mass is 16.5. The minimum absolute atomic E-state index is 0.571. The molecule has 2 fully saturated rings. The van der Waals surface area contributed by atoms with Crippen molar-refractivity contribution >= 4 is 0 Å². The highest BCUT2D eigenvalue weighted by molar-refractivity contribution is 5.48. The number of aryl methyl sites for hydroxylation is 1. The molecule has 3 nitrogen and oxygen atoms in total. The Labute approximate surface area is 115 Å². The topological polar surface area (TPSA) is 30.5 Å². The normalized spacial score (nSPS) is 24.3. The summed E-state index contributed by atoms with van der Waals surface area (Å²) < 4.78 is 10.9. The molecule has 0 radical (unpaired) electrons. The van der Waals surface area contributed by atoms with Crippen molar-refractivity contribution in [1.29, 1.82) is 0 Å². The van der Waals surface area contributed by atoms with Crippen LogP contribution in [0, 0.1) is 12.3 Å². The third kappa shape index (κ3) is 2.10. The van der Waals surface area contributed by atoms with Crippen LogP contribution < -0.4 is 14.8 Å². The fourth-order valence-electron chi connectivity index (χ4n) is 3.80. The summed E-state index contributed by atoms with van der Waals surface area (Å²) in [7, 11) is 3.46. The van der Waals surface area contributed by atoms with E-state index >= 15 is 0 Å². The van der Waals surface area contributed by atoms with Gasteiger partial charge < -0.3 is 14.8 Å². The van der Waals surface area contributed by atoms with Gasteiger partial charge in [-0.25, -0.2) is 0 Å². The molecule has 1 N–H and O–H groups in total. The number of nitrogens with one attached hydrogen (secondary N) is 1. The maximum Gasteiger partial charge on any atom is 0.126 e. The molecule has 0 bridgehead atoms. The number of hydrogen-bond acceptors (Lipinski definition) is 3. The summed E-state index contributed by atoms with van der Waals surface area (Å²) in [6.45, 7) is 4.56. The second-order valence-corrected chi connectivity index (χ2v) is 6.10. The van der Waals surface area contributed by atoms with Gasteiger partial charge in [0.25, 0.3) is 0 Å². The Bertz CT molecular complexity index is 480. The summed E-state index contributed by atoms with van der Waals surface area (Å²) in [6, 6.07) is 4.15. The second-order valence-electron chi connectivity index (χ2n) is 6.10. The molecule has 1 aromatic rings. The lowest BCUT2D eigenvalue weighted by atomic mass is 9.78. The van der Waals surface area contributed by atoms with Crippen molar-refractivity contribution in [1.82, 2.24) is 5.32 Å². The zero-order valence-corrected chi connectivity index (χ0v) is 12.1. The molecule has 0 aromatic heterocycles. The average molecular weight is 261 g/mol. The third-order valence-corrected chi connectivity index (χ3v) is 4.89. The van der Waals surface area contributed by atoms with Gasteiger partial charge in [-0.3, -0.25) is 0 Å². The van der Waals surface area contributed by atoms with E-state index in [0.717, 1.165) is 11.5 Å². The van der Waals surface area contributed by atoms with Gasteiger partial charge in [-0.15, -0.1) is 0 Å². The van der Waals surface area contributed by atoms with Crippen LogP contribution in [0.1, 0.15) is 36.3 Å². The highest BCUT2D eigenvalue weighted by Gasteiger charge is 2.44. The van der Waals surface area contributed by atoms with Crippen molar-refractivity contribution in [2.24, 2.45) is 5.41 Å². The van der Waals surface area contributed by atoms with Gasteiger partial charge in [-0.1, -0.05) is 0 Å². The van der Waals surface area contributed by atoms with E-state index in [1.54, 1.807) is 14.2 Å². The van der Waals surface area contributed by atoms with E-state index in [1.807, 2.05) is 6.07 Å². The van der Waals surface area contributed by atoms with Crippen LogP contribution in [0.3, 0.4) is 0 Å². The number of methoxy groups -OCH3 is 2.